The maximum Gasteiger partial charge on any atom is 0.416 e. The van der Waals surface area contributed by atoms with Crippen molar-refractivity contribution in [2.45, 2.75) is 26.1 Å². The first-order chi connectivity index (χ1) is 11.6. The molecular formula is C17H20F3N3O2. The van der Waals surface area contributed by atoms with Gasteiger partial charge in [0.15, 0.2) is 0 Å². The van der Waals surface area contributed by atoms with Crippen LogP contribution in [0.2, 0.25) is 0 Å². The van der Waals surface area contributed by atoms with Gasteiger partial charge in [-0.25, -0.2) is 0 Å². The summed E-state index contributed by atoms with van der Waals surface area (Å²) in [5.74, 6) is 4.27. The average Bonchev–Trinajstić information content (AvgIpc) is 2.50. The van der Waals surface area contributed by atoms with E-state index in [0.29, 0.717) is 0 Å². The van der Waals surface area contributed by atoms with Gasteiger partial charge < -0.3 is 11.1 Å². The molecule has 0 spiro atoms. The van der Waals surface area contributed by atoms with Crippen LogP contribution in [0.1, 0.15) is 25.0 Å². The van der Waals surface area contributed by atoms with Crippen molar-refractivity contribution in [1.82, 2.24) is 10.2 Å². The van der Waals surface area contributed by atoms with E-state index in [1.165, 1.54) is 12.1 Å². The van der Waals surface area contributed by atoms with Gasteiger partial charge in [0.2, 0.25) is 11.8 Å². The molecule has 0 atom stereocenters. The highest BCUT2D eigenvalue weighted by Crippen LogP contribution is 2.29. The maximum absolute atomic E-state index is 12.6. The Morgan fingerprint density at radius 1 is 1.28 bits per heavy atom. The highest BCUT2D eigenvalue weighted by atomic mass is 19.4. The molecule has 0 unspecified atom stereocenters. The molecular weight excluding hydrogens is 335 g/mol. The normalized spacial score (nSPS) is 11.2. The zero-order valence-electron chi connectivity index (χ0n) is 14.0. The van der Waals surface area contributed by atoms with Gasteiger partial charge in [-0.3, -0.25) is 14.5 Å². The zero-order valence-corrected chi connectivity index (χ0v) is 14.0. The Morgan fingerprint density at radius 3 is 2.52 bits per heavy atom. The first kappa shape index (κ1) is 20.5. The second-order valence-corrected chi connectivity index (χ2v) is 5.62. The molecule has 0 saturated carbocycles. The SMILES string of the molecule is CC(C)N(CC(N)=O)CC(=O)NCC#Cc1cccc(C(F)(F)F)c1. The number of carbonyl (C=O) groups is 2. The van der Waals surface area contributed by atoms with Gasteiger partial charge in [-0.1, -0.05) is 17.9 Å². The maximum atomic E-state index is 12.6. The van der Waals surface area contributed by atoms with Crippen molar-refractivity contribution in [2.75, 3.05) is 19.6 Å². The Kier molecular flexibility index (Phi) is 7.45. The lowest BCUT2D eigenvalue weighted by atomic mass is 10.1. The lowest BCUT2D eigenvalue weighted by Crippen LogP contribution is -2.44. The molecule has 0 aliphatic carbocycles. The predicted molar refractivity (Wildman–Crippen MR) is 87.2 cm³/mol. The summed E-state index contributed by atoms with van der Waals surface area (Å²) in [7, 11) is 0. The summed E-state index contributed by atoms with van der Waals surface area (Å²) in [6.45, 7) is 3.57. The summed E-state index contributed by atoms with van der Waals surface area (Å²) in [5, 5.41) is 2.53. The van der Waals surface area contributed by atoms with Crippen molar-refractivity contribution < 1.29 is 22.8 Å². The first-order valence-corrected chi connectivity index (χ1v) is 7.54. The van der Waals surface area contributed by atoms with E-state index in [1.54, 1.807) is 4.90 Å². The third-order valence-corrected chi connectivity index (χ3v) is 3.23. The second-order valence-electron chi connectivity index (χ2n) is 5.62. The summed E-state index contributed by atoms with van der Waals surface area (Å²) in [6, 6.07) is 4.59. The molecule has 25 heavy (non-hydrogen) atoms. The van der Waals surface area contributed by atoms with Crippen LogP contribution in [0.5, 0.6) is 0 Å². The average molecular weight is 355 g/mol. The van der Waals surface area contributed by atoms with E-state index in [2.05, 4.69) is 17.2 Å². The smallest absolute Gasteiger partial charge is 0.369 e. The Balaban J connectivity index is 2.56. The van der Waals surface area contributed by atoms with E-state index in [0.717, 1.165) is 12.1 Å². The first-order valence-electron chi connectivity index (χ1n) is 7.54. The zero-order chi connectivity index (χ0) is 19.0. The van der Waals surface area contributed by atoms with Crippen molar-refractivity contribution in [1.29, 1.82) is 0 Å². The number of nitrogens with zero attached hydrogens (tertiary/aromatic N) is 1. The third-order valence-electron chi connectivity index (χ3n) is 3.23. The number of carbonyl (C=O) groups excluding carboxylic acids is 2. The van der Waals surface area contributed by atoms with Crippen molar-refractivity contribution in [3.63, 3.8) is 0 Å². The van der Waals surface area contributed by atoms with Crippen LogP contribution in [0, 0.1) is 11.8 Å². The van der Waals surface area contributed by atoms with E-state index in [-0.39, 0.29) is 37.1 Å². The number of halogens is 3. The molecule has 0 bridgehead atoms. The van der Waals surface area contributed by atoms with Gasteiger partial charge in [0.25, 0.3) is 0 Å². The number of nitrogens with one attached hydrogen (secondary N) is 1. The Morgan fingerprint density at radius 2 is 1.96 bits per heavy atom. The van der Waals surface area contributed by atoms with Gasteiger partial charge in [-0.2, -0.15) is 13.2 Å². The van der Waals surface area contributed by atoms with Crippen molar-refractivity contribution in [2.24, 2.45) is 5.73 Å². The number of alkyl halides is 3. The third kappa shape index (κ3) is 7.72. The number of amides is 2. The van der Waals surface area contributed by atoms with E-state index in [1.807, 2.05) is 13.8 Å². The Labute approximate surface area is 144 Å². The molecule has 136 valence electrons. The Bertz CT molecular complexity index is 676. The minimum atomic E-state index is -4.42. The number of nitrogens with two attached hydrogens (primary N) is 1. The van der Waals surface area contributed by atoms with Crippen LogP contribution in [0.15, 0.2) is 24.3 Å². The lowest BCUT2D eigenvalue weighted by Gasteiger charge is -2.23. The van der Waals surface area contributed by atoms with Crippen LogP contribution in [0.25, 0.3) is 0 Å². The molecule has 8 heteroatoms. The van der Waals surface area contributed by atoms with Gasteiger partial charge in [0, 0.05) is 11.6 Å². The van der Waals surface area contributed by atoms with Gasteiger partial charge in [0.1, 0.15) is 0 Å². The van der Waals surface area contributed by atoms with Gasteiger partial charge >= 0.3 is 6.18 Å². The van der Waals surface area contributed by atoms with Crippen LogP contribution >= 0.6 is 0 Å². The highest BCUT2D eigenvalue weighted by Gasteiger charge is 2.30. The fourth-order valence-electron chi connectivity index (χ4n) is 1.92. The number of hydrogen-bond donors (Lipinski definition) is 2. The Hall–Kier alpha value is -2.53. The molecule has 0 aliphatic rings. The van der Waals surface area contributed by atoms with Crippen LogP contribution in [0.4, 0.5) is 13.2 Å². The summed E-state index contributed by atoms with van der Waals surface area (Å²) in [4.78, 5) is 24.4. The van der Waals surface area contributed by atoms with Crippen LogP contribution < -0.4 is 11.1 Å². The number of benzene rings is 1. The standard InChI is InChI=1S/C17H20F3N3O2/c1-12(2)23(10-15(21)24)11-16(25)22-8-4-6-13-5-3-7-14(9-13)17(18,19)20/h3,5,7,9,12H,8,10-11H2,1-2H3,(H2,21,24)(H,22,25). The van der Waals surface area contributed by atoms with E-state index >= 15 is 0 Å². The summed E-state index contributed by atoms with van der Waals surface area (Å²) >= 11 is 0. The monoisotopic (exact) mass is 355 g/mol. The van der Waals surface area contributed by atoms with Crippen molar-refractivity contribution in [3.05, 3.63) is 35.4 Å². The van der Waals surface area contributed by atoms with E-state index in [4.69, 9.17) is 5.73 Å². The predicted octanol–water partition coefficient (Wildman–Crippen LogP) is 1.37. The lowest BCUT2D eigenvalue weighted by molar-refractivity contribution is -0.137. The minimum Gasteiger partial charge on any atom is -0.369 e. The topological polar surface area (TPSA) is 75.4 Å². The van der Waals surface area contributed by atoms with E-state index < -0.39 is 17.6 Å². The quantitative estimate of drug-likeness (QED) is 0.757. The molecule has 0 aliphatic heterocycles. The number of hydrogen-bond acceptors (Lipinski definition) is 3. The molecule has 3 N–H and O–H groups in total. The molecule has 5 nitrogen and oxygen atoms in total. The largest absolute Gasteiger partial charge is 0.416 e. The minimum absolute atomic E-state index is 0.0163. The van der Waals surface area contributed by atoms with Gasteiger partial charge in [0.05, 0.1) is 25.2 Å². The van der Waals surface area contributed by atoms with Gasteiger partial charge in [-0.15, -0.1) is 0 Å². The van der Waals surface area contributed by atoms with Crippen molar-refractivity contribution in [3.8, 4) is 11.8 Å². The summed E-state index contributed by atoms with van der Waals surface area (Å²) in [5.41, 5.74) is 4.56. The molecule has 2 amide bonds. The fraction of sp³-hybridized carbons (Fsp3) is 0.412. The van der Waals surface area contributed by atoms with Crippen LogP contribution in [0.3, 0.4) is 0 Å². The molecule has 0 aromatic heterocycles. The summed E-state index contributed by atoms with van der Waals surface area (Å²) < 4.78 is 37.8. The molecule has 0 radical (unpaired) electrons. The fourth-order valence-corrected chi connectivity index (χ4v) is 1.92. The van der Waals surface area contributed by atoms with Gasteiger partial charge in [-0.05, 0) is 32.0 Å². The molecule has 1 aromatic carbocycles. The summed E-state index contributed by atoms with van der Waals surface area (Å²) in [6.07, 6.45) is -4.42. The highest BCUT2D eigenvalue weighted by molar-refractivity contribution is 5.80. The molecule has 1 aromatic rings. The van der Waals surface area contributed by atoms with Crippen LogP contribution in [-0.4, -0.2) is 42.4 Å². The van der Waals surface area contributed by atoms with E-state index in [9.17, 15) is 22.8 Å². The molecule has 0 heterocycles. The second kappa shape index (κ2) is 9.08. The number of rotatable bonds is 6. The number of primary amides is 1. The van der Waals surface area contributed by atoms with Crippen molar-refractivity contribution >= 4 is 11.8 Å². The molecule has 1 rings (SSSR count). The molecule has 0 fully saturated rings. The molecule has 0 saturated heterocycles. The van der Waals surface area contributed by atoms with Crippen LogP contribution in [-0.2, 0) is 15.8 Å².